The molecule has 1 N–H and O–H groups in total. The Morgan fingerprint density at radius 2 is 2.19 bits per heavy atom. The van der Waals surface area contributed by atoms with Gasteiger partial charge in [0.1, 0.15) is 0 Å². The van der Waals surface area contributed by atoms with Gasteiger partial charge in [0.15, 0.2) is 6.61 Å². The van der Waals surface area contributed by atoms with Crippen molar-refractivity contribution in [2.24, 2.45) is 0 Å². The Kier molecular flexibility index (Phi) is 4.31. The summed E-state index contributed by atoms with van der Waals surface area (Å²) in [4.78, 5) is 16.6. The van der Waals surface area contributed by atoms with Crippen LogP contribution < -0.4 is 5.48 Å². The van der Waals surface area contributed by atoms with Crippen molar-refractivity contribution in [3.63, 3.8) is 0 Å². The van der Waals surface area contributed by atoms with Crippen LogP contribution in [0.3, 0.4) is 0 Å². The van der Waals surface area contributed by atoms with E-state index in [9.17, 15) is 18.0 Å². The zero-order chi connectivity index (χ0) is 12.2. The van der Waals surface area contributed by atoms with E-state index in [2.05, 4.69) is 4.84 Å². The Labute approximate surface area is 94.2 Å². The topological polar surface area (TPSA) is 38.3 Å². The SMILES string of the molecule is CCc1ccc(C(=O)NOCC(F)(F)F)s1. The lowest BCUT2D eigenvalue weighted by molar-refractivity contribution is -0.184. The van der Waals surface area contributed by atoms with E-state index in [1.54, 1.807) is 17.6 Å². The number of rotatable bonds is 4. The van der Waals surface area contributed by atoms with Gasteiger partial charge in [0.25, 0.3) is 5.91 Å². The molecule has 0 saturated heterocycles. The van der Waals surface area contributed by atoms with Crippen molar-refractivity contribution < 1.29 is 22.8 Å². The van der Waals surface area contributed by atoms with Crippen LogP contribution in [-0.4, -0.2) is 18.7 Å². The van der Waals surface area contributed by atoms with Crippen LogP contribution in [0.4, 0.5) is 13.2 Å². The number of amides is 1. The zero-order valence-electron chi connectivity index (χ0n) is 8.43. The molecule has 1 amide bonds. The molecule has 0 aliphatic carbocycles. The van der Waals surface area contributed by atoms with Crippen LogP contribution >= 0.6 is 11.3 Å². The van der Waals surface area contributed by atoms with E-state index in [0.29, 0.717) is 4.88 Å². The molecular formula is C9H10F3NO2S. The molecule has 3 nitrogen and oxygen atoms in total. The van der Waals surface area contributed by atoms with Gasteiger partial charge >= 0.3 is 6.18 Å². The van der Waals surface area contributed by atoms with E-state index in [-0.39, 0.29) is 0 Å². The van der Waals surface area contributed by atoms with Gasteiger partial charge in [0.05, 0.1) is 4.88 Å². The molecule has 0 aliphatic rings. The lowest BCUT2D eigenvalue weighted by Crippen LogP contribution is -2.29. The van der Waals surface area contributed by atoms with Crippen molar-refractivity contribution >= 4 is 17.2 Å². The van der Waals surface area contributed by atoms with Gasteiger partial charge in [0, 0.05) is 4.88 Å². The Bertz CT molecular complexity index is 362. The highest BCUT2D eigenvalue weighted by Gasteiger charge is 2.28. The van der Waals surface area contributed by atoms with Crippen molar-refractivity contribution in [3.8, 4) is 0 Å². The van der Waals surface area contributed by atoms with Gasteiger partial charge in [-0.2, -0.15) is 13.2 Å². The summed E-state index contributed by atoms with van der Waals surface area (Å²) >= 11 is 1.23. The number of aryl methyl sites for hydroxylation is 1. The molecule has 0 fully saturated rings. The summed E-state index contributed by atoms with van der Waals surface area (Å²) < 4.78 is 35.1. The third-order valence-electron chi connectivity index (χ3n) is 1.63. The standard InChI is InChI=1S/C9H10F3NO2S/c1-2-6-3-4-7(16-6)8(14)13-15-5-9(10,11)12/h3-4H,2,5H2,1H3,(H,13,14). The zero-order valence-corrected chi connectivity index (χ0v) is 9.24. The Hall–Kier alpha value is -1.08. The lowest BCUT2D eigenvalue weighted by atomic mass is 10.3. The summed E-state index contributed by atoms with van der Waals surface area (Å²) in [5.41, 5.74) is 1.74. The fourth-order valence-electron chi connectivity index (χ4n) is 0.924. The number of carbonyl (C=O) groups is 1. The first-order valence-corrected chi connectivity index (χ1v) is 5.31. The molecule has 1 aromatic rings. The average Bonchev–Trinajstić information content (AvgIpc) is 2.63. The summed E-state index contributed by atoms with van der Waals surface area (Å²) in [6.45, 7) is 0.429. The van der Waals surface area contributed by atoms with Crippen molar-refractivity contribution in [3.05, 3.63) is 21.9 Å². The molecule has 1 aromatic heterocycles. The molecule has 0 bridgehead atoms. The quantitative estimate of drug-likeness (QED) is 0.837. The highest BCUT2D eigenvalue weighted by Crippen LogP contribution is 2.17. The third kappa shape index (κ3) is 4.19. The first-order chi connectivity index (χ1) is 7.42. The van der Waals surface area contributed by atoms with Crippen LogP contribution in [0.15, 0.2) is 12.1 Å². The Morgan fingerprint density at radius 3 is 2.69 bits per heavy atom. The molecule has 16 heavy (non-hydrogen) atoms. The van der Waals surface area contributed by atoms with E-state index in [1.165, 1.54) is 11.3 Å². The van der Waals surface area contributed by atoms with Crippen LogP contribution in [0.5, 0.6) is 0 Å². The van der Waals surface area contributed by atoms with Gasteiger partial charge in [-0.1, -0.05) is 6.92 Å². The van der Waals surface area contributed by atoms with Gasteiger partial charge in [0.2, 0.25) is 0 Å². The van der Waals surface area contributed by atoms with Crippen LogP contribution in [0.1, 0.15) is 21.5 Å². The average molecular weight is 253 g/mol. The second-order valence-electron chi connectivity index (χ2n) is 2.95. The van der Waals surface area contributed by atoms with Crippen LogP contribution in [0.2, 0.25) is 0 Å². The number of carbonyl (C=O) groups excluding carboxylic acids is 1. The van der Waals surface area contributed by atoms with Gasteiger partial charge in [-0.25, -0.2) is 5.48 Å². The molecule has 0 aliphatic heterocycles. The molecule has 0 radical (unpaired) electrons. The van der Waals surface area contributed by atoms with E-state index in [4.69, 9.17) is 0 Å². The summed E-state index contributed by atoms with van der Waals surface area (Å²) in [5, 5.41) is 0. The second kappa shape index (κ2) is 5.31. The summed E-state index contributed by atoms with van der Waals surface area (Å²) in [6, 6.07) is 3.30. The maximum absolute atomic E-state index is 11.7. The molecular weight excluding hydrogens is 243 g/mol. The largest absolute Gasteiger partial charge is 0.414 e. The number of thiophene rings is 1. The minimum atomic E-state index is -4.45. The third-order valence-corrected chi connectivity index (χ3v) is 2.86. The van der Waals surface area contributed by atoms with E-state index < -0.39 is 18.7 Å². The van der Waals surface area contributed by atoms with Crippen LogP contribution in [0, 0.1) is 0 Å². The minimum Gasteiger partial charge on any atom is -0.266 e. The number of hydrogen-bond acceptors (Lipinski definition) is 3. The van der Waals surface area contributed by atoms with Gasteiger partial charge in [-0.15, -0.1) is 11.3 Å². The van der Waals surface area contributed by atoms with Gasteiger partial charge in [-0.3, -0.25) is 9.63 Å². The van der Waals surface area contributed by atoms with E-state index in [0.717, 1.165) is 11.3 Å². The van der Waals surface area contributed by atoms with Crippen molar-refractivity contribution in [2.75, 3.05) is 6.61 Å². The Morgan fingerprint density at radius 1 is 1.50 bits per heavy atom. The predicted octanol–water partition coefficient (Wildman–Crippen LogP) is 2.53. The molecule has 7 heteroatoms. The molecule has 1 rings (SSSR count). The highest BCUT2D eigenvalue weighted by atomic mass is 32.1. The fourth-order valence-corrected chi connectivity index (χ4v) is 1.76. The summed E-state index contributed by atoms with van der Waals surface area (Å²) in [7, 11) is 0. The summed E-state index contributed by atoms with van der Waals surface area (Å²) in [5.74, 6) is -0.658. The van der Waals surface area contributed by atoms with Gasteiger partial charge in [-0.05, 0) is 18.6 Å². The first kappa shape index (κ1) is 13.0. The smallest absolute Gasteiger partial charge is 0.266 e. The number of halogens is 3. The van der Waals surface area contributed by atoms with Crippen molar-refractivity contribution in [1.29, 1.82) is 0 Å². The second-order valence-corrected chi connectivity index (χ2v) is 4.12. The number of hydroxylamine groups is 1. The normalized spacial score (nSPS) is 11.5. The maximum atomic E-state index is 11.7. The van der Waals surface area contributed by atoms with Crippen molar-refractivity contribution in [1.82, 2.24) is 5.48 Å². The van der Waals surface area contributed by atoms with E-state index in [1.807, 2.05) is 6.92 Å². The molecule has 0 atom stereocenters. The predicted molar refractivity (Wildman–Crippen MR) is 53.2 cm³/mol. The fraction of sp³-hybridized carbons (Fsp3) is 0.444. The molecule has 1 heterocycles. The van der Waals surface area contributed by atoms with E-state index >= 15 is 0 Å². The molecule has 0 aromatic carbocycles. The van der Waals surface area contributed by atoms with Crippen LogP contribution in [-0.2, 0) is 11.3 Å². The number of alkyl halides is 3. The van der Waals surface area contributed by atoms with Gasteiger partial charge < -0.3 is 0 Å². The molecule has 90 valence electrons. The molecule has 0 unspecified atom stereocenters. The van der Waals surface area contributed by atoms with Crippen molar-refractivity contribution in [2.45, 2.75) is 19.5 Å². The monoisotopic (exact) mass is 253 g/mol. The Balaban J connectivity index is 2.41. The minimum absolute atomic E-state index is 0.332. The highest BCUT2D eigenvalue weighted by molar-refractivity contribution is 7.14. The summed E-state index contributed by atoms with van der Waals surface area (Å²) in [6.07, 6.45) is -3.67. The first-order valence-electron chi connectivity index (χ1n) is 4.50. The lowest BCUT2D eigenvalue weighted by Gasteiger charge is -2.07. The number of nitrogens with one attached hydrogen (secondary N) is 1. The van der Waals surface area contributed by atoms with Crippen LogP contribution in [0.25, 0.3) is 0 Å². The molecule has 0 saturated carbocycles. The maximum Gasteiger partial charge on any atom is 0.414 e. The number of hydrogen-bond donors (Lipinski definition) is 1. The molecule has 0 spiro atoms.